The molecule has 0 aliphatic rings. The molecule has 1 rings (SSSR count). The van der Waals surface area contributed by atoms with Gasteiger partial charge in [0.15, 0.2) is 0 Å². The molecule has 0 heterocycles. The van der Waals surface area contributed by atoms with Crippen LogP contribution in [0.4, 0.5) is 4.39 Å². The summed E-state index contributed by atoms with van der Waals surface area (Å²) < 4.78 is 13.0. The highest BCUT2D eigenvalue weighted by atomic mass is 35.5. The van der Waals surface area contributed by atoms with Crippen molar-refractivity contribution in [1.82, 2.24) is 0 Å². The number of halogens is 2. The summed E-state index contributed by atoms with van der Waals surface area (Å²) in [6, 6.07) is 8.99. The minimum Gasteiger partial charge on any atom is -0.392 e. The van der Waals surface area contributed by atoms with Crippen LogP contribution in [-0.2, 0) is 6.42 Å². The molecule has 1 N–H and O–H groups in total. The van der Waals surface area contributed by atoms with Gasteiger partial charge < -0.3 is 5.11 Å². The minimum atomic E-state index is -2.03. The Labute approximate surface area is 75.8 Å². The summed E-state index contributed by atoms with van der Waals surface area (Å²) in [5.41, 5.74) is 0.782. The maximum absolute atomic E-state index is 13.0. The Kier molecular flexibility index (Phi) is 3.06. The van der Waals surface area contributed by atoms with Gasteiger partial charge >= 0.3 is 0 Å². The number of hydrogen-bond donors (Lipinski definition) is 1. The van der Waals surface area contributed by atoms with E-state index in [9.17, 15) is 4.39 Å². The lowest BCUT2D eigenvalue weighted by Crippen LogP contribution is -2.22. The first-order valence-electron chi connectivity index (χ1n) is 3.67. The summed E-state index contributed by atoms with van der Waals surface area (Å²) in [7, 11) is 0. The average molecular weight is 189 g/mol. The van der Waals surface area contributed by atoms with Crippen molar-refractivity contribution >= 4 is 11.6 Å². The Hall–Kier alpha value is -0.600. The van der Waals surface area contributed by atoms with Crippen LogP contribution in [0, 0.1) is 0 Å². The highest BCUT2D eigenvalue weighted by Crippen LogP contribution is 2.21. The maximum atomic E-state index is 13.0. The van der Waals surface area contributed by atoms with Crippen LogP contribution < -0.4 is 0 Å². The van der Waals surface area contributed by atoms with E-state index in [-0.39, 0.29) is 6.42 Å². The Morgan fingerprint density at radius 2 is 1.92 bits per heavy atom. The fourth-order valence-corrected chi connectivity index (χ4v) is 1.10. The van der Waals surface area contributed by atoms with Crippen molar-refractivity contribution in [2.24, 2.45) is 0 Å². The molecule has 0 saturated carbocycles. The number of rotatable bonds is 3. The molecule has 0 saturated heterocycles. The van der Waals surface area contributed by atoms with E-state index < -0.39 is 11.7 Å². The van der Waals surface area contributed by atoms with E-state index in [0.29, 0.717) is 0 Å². The SMILES string of the molecule is OC[C@](F)(Cl)Cc1ccccc1. The summed E-state index contributed by atoms with van der Waals surface area (Å²) in [5, 5.41) is 6.52. The smallest absolute Gasteiger partial charge is 0.210 e. The molecule has 1 aromatic carbocycles. The van der Waals surface area contributed by atoms with Crippen molar-refractivity contribution in [2.45, 2.75) is 11.5 Å². The first kappa shape index (κ1) is 9.49. The average Bonchev–Trinajstić information content (AvgIpc) is 2.06. The molecule has 0 amide bonds. The van der Waals surface area contributed by atoms with Crippen LogP contribution in [0.2, 0.25) is 0 Å². The molecule has 12 heavy (non-hydrogen) atoms. The van der Waals surface area contributed by atoms with Gasteiger partial charge in [-0.2, -0.15) is 0 Å². The van der Waals surface area contributed by atoms with E-state index >= 15 is 0 Å². The van der Waals surface area contributed by atoms with E-state index in [0.717, 1.165) is 5.56 Å². The lowest BCUT2D eigenvalue weighted by Gasteiger charge is -2.13. The van der Waals surface area contributed by atoms with Gasteiger partial charge in [-0.1, -0.05) is 41.9 Å². The molecule has 1 atom stereocenters. The standard InChI is InChI=1S/C9H10ClFO/c10-9(11,7-12)6-8-4-2-1-3-5-8/h1-5,12H,6-7H2/t9-/m0/s1. The van der Waals surface area contributed by atoms with Gasteiger partial charge in [-0.25, -0.2) is 4.39 Å². The van der Waals surface area contributed by atoms with Gasteiger partial charge in [-0.3, -0.25) is 0 Å². The zero-order valence-corrected chi connectivity index (χ0v) is 7.26. The third kappa shape index (κ3) is 2.80. The Morgan fingerprint density at radius 1 is 1.33 bits per heavy atom. The van der Waals surface area contributed by atoms with Crippen molar-refractivity contribution < 1.29 is 9.50 Å². The van der Waals surface area contributed by atoms with Gasteiger partial charge in [-0.05, 0) is 5.56 Å². The van der Waals surface area contributed by atoms with E-state index in [1.54, 1.807) is 24.3 Å². The second-order valence-electron chi connectivity index (χ2n) is 2.68. The van der Waals surface area contributed by atoms with Crippen LogP contribution >= 0.6 is 11.6 Å². The molecule has 0 radical (unpaired) electrons. The summed E-state index contributed by atoms with van der Waals surface area (Å²) in [6.07, 6.45) is 0.0336. The molecular formula is C9H10ClFO. The van der Waals surface area contributed by atoms with Crippen molar-refractivity contribution in [3.8, 4) is 0 Å². The van der Waals surface area contributed by atoms with Crippen molar-refractivity contribution in [2.75, 3.05) is 6.61 Å². The van der Waals surface area contributed by atoms with E-state index in [1.807, 2.05) is 6.07 Å². The summed E-state index contributed by atoms with van der Waals surface area (Å²) in [5.74, 6) is 0. The highest BCUT2D eigenvalue weighted by molar-refractivity contribution is 6.23. The molecule has 66 valence electrons. The van der Waals surface area contributed by atoms with Gasteiger partial charge in [-0.15, -0.1) is 0 Å². The lowest BCUT2D eigenvalue weighted by molar-refractivity contribution is 0.144. The van der Waals surface area contributed by atoms with Crippen LogP contribution in [0.25, 0.3) is 0 Å². The summed E-state index contributed by atoms with van der Waals surface area (Å²) in [4.78, 5) is 0. The Bertz CT molecular complexity index is 236. The second kappa shape index (κ2) is 3.87. The van der Waals surface area contributed by atoms with E-state index in [4.69, 9.17) is 16.7 Å². The predicted molar refractivity (Wildman–Crippen MR) is 46.9 cm³/mol. The minimum absolute atomic E-state index is 0.0336. The van der Waals surface area contributed by atoms with Crippen LogP contribution in [0.3, 0.4) is 0 Å². The fraction of sp³-hybridized carbons (Fsp3) is 0.333. The first-order valence-corrected chi connectivity index (χ1v) is 4.04. The lowest BCUT2D eigenvalue weighted by atomic mass is 10.1. The highest BCUT2D eigenvalue weighted by Gasteiger charge is 2.25. The molecule has 0 bridgehead atoms. The van der Waals surface area contributed by atoms with Gasteiger partial charge in [0.25, 0.3) is 0 Å². The van der Waals surface area contributed by atoms with Crippen LogP contribution in [0.1, 0.15) is 5.56 Å². The number of benzene rings is 1. The van der Waals surface area contributed by atoms with Crippen LogP contribution in [0.15, 0.2) is 30.3 Å². The van der Waals surface area contributed by atoms with Crippen molar-refractivity contribution in [1.29, 1.82) is 0 Å². The normalized spacial score (nSPS) is 15.6. The summed E-state index contributed by atoms with van der Waals surface area (Å²) >= 11 is 5.34. The Morgan fingerprint density at radius 3 is 2.42 bits per heavy atom. The van der Waals surface area contributed by atoms with Gasteiger partial charge in [0, 0.05) is 6.42 Å². The topological polar surface area (TPSA) is 20.2 Å². The third-order valence-electron chi connectivity index (χ3n) is 1.54. The fourth-order valence-electron chi connectivity index (χ4n) is 0.950. The number of hydrogen-bond acceptors (Lipinski definition) is 1. The molecule has 0 spiro atoms. The molecule has 0 unspecified atom stereocenters. The molecule has 0 fully saturated rings. The van der Waals surface area contributed by atoms with Crippen molar-refractivity contribution in [3.05, 3.63) is 35.9 Å². The zero-order chi connectivity index (χ0) is 9.03. The van der Waals surface area contributed by atoms with E-state index in [1.165, 1.54) is 0 Å². The number of aliphatic hydroxyl groups excluding tert-OH is 1. The predicted octanol–water partition coefficient (Wildman–Crippen LogP) is 2.13. The van der Waals surface area contributed by atoms with E-state index in [2.05, 4.69) is 0 Å². The van der Waals surface area contributed by atoms with Gasteiger partial charge in [0.05, 0.1) is 6.61 Å². The molecular weight excluding hydrogens is 179 g/mol. The monoisotopic (exact) mass is 188 g/mol. The first-order chi connectivity index (χ1) is 5.64. The molecule has 1 aromatic rings. The molecule has 3 heteroatoms. The molecule has 0 aliphatic heterocycles. The number of aliphatic hydroxyl groups is 1. The Balaban J connectivity index is 2.64. The second-order valence-corrected chi connectivity index (χ2v) is 3.35. The maximum Gasteiger partial charge on any atom is 0.210 e. The summed E-state index contributed by atoms with van der Waals surface area (Å²) in [6.45, 7) is -0.663. The van der Waals surface area contributed by atoms with Gasteiger partial charge in [0.1, 0.15) is 0 Å². The van der Waals surface area contributed by atoms with Crippen molar-refractivity contribution in [3.63, 3.8) is 0 Å². The van der Waals surface area contributed by atoms with Gasteiger partial charge in [0.2, 0.25) is 5.13 Å². The zero-order valence-electron chi connectivity index (χ0n) is 6.50. The van der Waals surface area contributed by atoms with Crippen LogP contribution in [-0.4, -0.2) is 16.8 Å². The quantitative estimate of drug-likeness (QED) is 0.721. The molecule has 1 nitrogen and oxygen atoms in total. The largest absolute Gasteiger partial charge is 0.392 e. The third-order valence-corrected chi connectivity index (χ3v) is 1.79. The van der Waals surface area contributed by atoms with Crippen LogP contribution in [0.5, 0.6) is 0 Å². The number of alkyl halides is 2. The molecule has 0 aliphatic carbocycles. The molecule has 0 aromatic heterocycles.